The molecule has 1 fully saturated rings. The standard InChI is InChI=1S/C21H25N7OS2/c1-14-5-3-10-28(13-14)17-11-18(31-21-22-8-4-9-23-21)26-19(25-17)27-20(30)24-12-16-7-6-15(2)29-16/h4,6-9,11,14H,3,5,10,12-13H2,1-2H3,(H2,24,25,26,27,30). The first-order valence-electron chi connectivity index (χ1n) is 10.2. The second-order valence-electron chi connectivity index (χ2n) is 7.53. The van der Waals surface area contributed by atoms with Crippen LogP contribution in [-0.4, -0.2) is 38.1 Å². The van der Waals surface area contributed by atoms with Gasteiger partial charge >= 0.3 is 0 Å². The van der Waals surface area contributed by atoms with Crippen LogP contribution < -0.4 is 15.5 Å². The number of hydrogen-bond acceptors (Lipinski definition) is 8. The third-order valence-corrected chi connectivity index (χ3v) is 5.91. The molecule has 3 aromatic rings. The Kier molecular flexibility index (Phi) is 6.98. The highest BCUT2D eigenvalue weighted by Gasteiger charge is 2.20. The number of piperidine rings is 1. The summed E-state index contributed by atoms with van der Waals surface area (Å²) in [7, 11) is 0. The Labute approximate surface area is 191 Å². The topological polar surface area (TPSA) is 92.0 Å². The van der Waals surface area contributed by atoms with Crippen LogP contribution in [0.1, 0.15) is 31.3 Å². The van der Waals surface area contributed by atoms with E-state index < -0.39 is 0 Å². The molecule has 0 amide bonds. The lowest BCUT2D eigenvalue weighted by Gasteiger charge is -2.32. The number of nitrogens with one attached hydrogen (secondary N) is 2. The normalized spacial score (nSPS) is 16.2. The molecule has 4 heterocycles. The van der Waals surface area contributed by atoms with E-state index in [0.29, 0.717) is 28.7 Å². The van der Waals surface area contributed by atoms with Crippen LogP contribution in [0, 0.1) is 12.8 Å². The number of rotatable bonds is 6. The molecule has 0 aromatic carbocycles. The molecule has 1 atom stereocenters. The monoisotopic (exact) mass is 455 g/mol. The van der Waals surface area contributed by atoms with Crippen molar-refractivity contribution < 1.29 is 4.42 Å². The van der Waals surface area contributed by atoms with Gasteiger partial charge in [-0.05, 0) is 67.9 Å². The van der Waals surface area contributed by atoms with E-state index >= 15 is 0 Å². The average molecular weight is 456 g/mol. The third-order valence-electron chi connectivity index (χ3n) is 4.85. The van der Waals surface area contributed by atoms with Gasteiger partial charge < -0.3 is 20.0 Å². The van der Waals surface area contributed by atoms with Crippen LogP contribution in [-0.2, 0) is 6.54 Å². The van der Waals surface area contributed by atoms with E-state index in [1.165, 1.54) is 18.2 Å². The van der Waals surface area contributed by atoms with Crippen molar-refractivity contribution in [3.05, 3.63) is 48.2 Å². The molecule has 1 aliphatic rings. The van der Waals surface area contributed by atoms with E-state index in [1.807, 2.05) is 25.1 Å². The highest BCUT2D eigenvalue weighted by Crippen LogP contribution is 2.29. The maximum Gasteiger partial charge on any atom is 0.232 e. The van der Waals surface area contributed by atoms with Crippen molar-refractivity contribution in [1.29, 1.82) is 0 Å². The third kappa shape index (κ3) is 6.14. The van der Waals surface area contributed by atoms with Crippen molar-refractivity contribution in [2.45, 2.75) is 43.4 Å². The second kappa shape index (κ2) is 10.1. The number of furan rings is 1. The van der Waals surface area contributed by atoms with Gasteiger partial charge in [0.25, 0.3) is 0 Å². The molecule has 1 saturated heterocycles. The lowest BCUT2D eigenvalue weighted by atomic mass is 10.0. The summed E-state index contributed by atoms with van der Waals surface area (Å²) in [6, 6.07) is 7.64. The summed E-state index contributed by atoms with van der Waals surface area (Å²) >= 11 is 6.85. The summed E-state index contributed by atoms with van der Waals surface area (Å²) in [4.78, 5) is 20.2. The fourth-order valence-electron chi connectivity index (χ4n) is 3.41. The van der Waals surface area contributed by atoms with Crippen LogP contribution in [0.4, 0.5) is 11.8 Å². The fraction of sp³-hybridized carbons (Fsp3) is 0.381. The predicted molar refractivity (Wildman–Crippen MR) is 125 cm³/mol. The fourth-order valence-corrected chi connectivity index (χ4v) is 4.28. The zero-order valence-electron chi connectivity index (χ0n) is 17.5. The summed E-state index contributed by atoms with van der Waals surface area (Å²) in [5.74, 6) is 3.64. The molecular weight excluding hydrogens is 430 g/mol. The molecule has 0 saturated carbocycles. The number of hydrogen-bond donors (Lipinski definition) is 2. The van der Waals surface area contributed by atoms with Crippen molar-refractivity contribution in [2.75, 3.05) is 23.3 Å². The Hall–Kier alpha value is -2.72. The molecule has 10 heteroatoms. The minimum Gasteiger partial charge on any atom is -0.465 e. The van der Waals surface area contributed by atoms with Crippen LogP contribution in [0.3, 0.4) is 0 Å². The van der Waals surface area contributed by atoms with Crippen molar-refractivity contribution in [1.82, 2.24) is 25.3 Å². The summed E-state index contributed by atoms with van der Waals surface area (Å²) in [5.41, 5.74) is 0. The minimum absolute atomic E-state index is 0.435. The van der Waals surface area contributed by atoms with Gasteiger partial charge in [-0.3, -0.25) is 0 Å². The molecule has 31 heavy (non-hydrogen) atoms. The Balaban J connectivity index is 1.51. The zero-order chi connectivity index (χ0) is 21.6. The quantitative estimate of drug-likeness (QED) is 0.322. The van der Waals surface area contributed by atoms with E-state index in [9.17, 15) is 0 Å². The number of nitrogens with zero attached hydrogens (tertiary/aromatic N) is 5. The van der Waals surface area contributed by atoms with Gasteiger partial charge in [0.15, 0.2) is 10.3 Å². The molecular formula is C21H25N7OS2. The van der Waals surface area contributed by atoms with E-state index in [-0.39, 0.29) is 0 Å². The van der Waals surface area contributed by atoms with Crippen molar-refractivity contribution in [2.24, 2.45) is 5.92 Å². The van der Waals surface area contributed by atoms with E-state index in [0.717, 1.165) is 41.9 Å². The lowest BCUT2D eigenvalue weighted by molar-refractivity contribution is 0.444. The van der Waals surface area contributed by atoms with Gasteiger partial charge in [-0.25, -0.2) is 15.0 Å². The van der Waals surface area contributed by atoms with Crippen LogP contribution in [0.25, 0.3) is 0 Å². The van der Waals surface area contributed by atoms with E-state index in [1.54, 1.807) is 18.5 Å². The molecule has 3 aromatic heterocycles. The van der Waals surface area contributed by atoms with Gasteiger partial charge in [0.2, 0.25) is 5.95 Å². The smallest absolute Gasteiger partial charge is 0.232 e. The van der Waals surface area contributed by atoms with Crippen LogP contribution in [0.15, 0.2) is 51.3 Å². The van der Waals surface area contributed by atoms with Crippen molar-refractivity contribution in [3.8, 4) is 0 Å². The Morgan fingerprint density at radius 1 is 1.29 bits per heavy atom. The summed E-state index contributed by atoms with van der Waals surface area (Å²) in [6.45, 7) is 6.63. The molecule has 1 unspecified atom stereocenters. The first-order valence-corrected chi connectivity index (χ1v) is 11.5. The highest BCUT2D eigenvalue weighted by molar-refractivity contribution is 7.99. The molecule has 162 valence electrons. The molecule has 0 spiro atoms. The molecule has 1 aliphatic heterocycles. The number of anilines is 2. The lowest BCUT2D eigenvalue weighted by Crippen LogP contribution is -2.35. The van der Waals surface area contributed by atoms with Crippen molar-refractivity contribution >= 4 is 40.9 Å². The van der Waals surface area contributed by atoms with Crippen LogP contribution in [0.5, 0.6) is 0 Å². The van der Waals surface area contributed by atoms with Crippen molar-refractivity contribution in [3.63, 3.8) is 0 Å². The van der Waals surface area contributed by atoms with Crippen LogP contribution >= 0.6 is 24.0 Å². The van der Waals surface area contributed by atoms with Gasteiger partial charge in [-0.1, -0.05) is 6.92 Å². The molecule has 0 aliphatic carbocycles. The largest absolute Gasteiger partial charge is 0.465 e. The Morgan fingerprint density at radius 2 is 2.13 bits per heavy atom. The van der Waals surface area contributed by atoms with Gasteiger partial charge in [0, 0.05) is 31.5 Å². The predicted octanol–water partition coefficient (Wildman–Crippen LogP) is 4.04. The maximum atomic E-state index is 5.57. The molecule has 4 rings (SSSR count). The van der Waals surface area contributed by atoms with Gasteiger partial charge in [-0.2, -0.15) is 4.98 Å². The molecule has 0 bridgehead atoms. The van der Waals surface area contributed by atoms with E-state index in [2.05, 4.69) is 37.4 Å². The zero-order valence-corrected chi connectivity index (χ0v) is 19.2. The first-order chi connectivity index (χ1) is 15.0. The van der Waals surface area contributed by atoms with Gasteiger partial charge in [0.05, 0.1) is 6.54 Å². The molecule has 2 N–H and O–H groups in total. The SMILES string of the molecule is Cc1ccc(CNC(=S)Nc2nc(Sc3ncccn3)cc(N3CCCC(C)C3)n2)o1. The Bertz CT molecular complexity index is 1030. The summed E-state index contributed by atoms with van der Waals surface area (Å²) in [6.07, 6.45) is 5.84. The maximum absolute atomic E-state index is 5.57. The molecule has 0 radical (unpaired) electrons. The molecule has 8 nitrogen and oxygen atoms in total. The number of aromatic nitrogens is 4. The van der Waals surface area contributed by atoms with E-state index in [4.69, 9.17) is 21.6 Å². The second-order valence-corrected chi connectivity index (χ2v) is 8.93. The van der Waals surface area contributed by atoms with Gasteiger partial charge in [0.1, 0.15) is 22.4 Å². The Morgan fingerprint density at radius 3 is 2.87 bits per heavy atom. The highest BCUT2D eigenvalue weighted by atomic mass is 32.2. The minimum atomic E-state index is 0.435. The first kappa shape index (κ1) is 21.5. The van der Waals surface area contributed by atoms with Crippen LogP contribution in [0.2, 0.25) is 0 Å². The average Bonchev–Trinajstić information content (AvgIpc) is 3.18. The number of thiocarbonyl (C=S) groups is 1. The summed E-state index contributed by atoms with van der Waals surface area (Å²) < 4.78 is 5.57. The summed E-state index contributed by atoms with van der Waals surface area (Å²) in [5, 5.41) is 8.09. The van der Waals surface area contributed by atoms with Gasteiger partial charge in [-0.15, -0.1) is 0 Å². The number of aryl methyl sites for hydroxylation is 1.